The van der Waals surface area contributed by atoms with Crippen LogP contribution in [-0.4, -0.2) is 24.5 Å². The maximum Gasteiger partial charge on any atom is 0.278 e. The normalized spacial score (nSPS) is 25.8. The number of carboxylic acids is 1. The lowest BCUT2D eigenvalue weighted by Gasteiger charge is -2.29. The summed E-state index contributed by atoms with van der Waals surface area (Å²) in [6.45, 7) is 4.59. The van der Waals surface area contributed by atoms with Crippen molar-refractivity contribution in [1.29, 1.82) is 0 Å². The number of hydrogen-bond donors (Lipinski definition) is 2. The number of rotatable bonds is 5. The van der Waals surface area contributed by atoms with Crippen LogP contribution in [0.1, 0.15) is 39.5 Å². The van der Waals surface area contributed by atoms with Crippen LogP contribution in [0.5, 0.6) is 0 Å². The first kappa shape index (κ1) is 15.0. The predicted octanol–water partition coefficient (Wildman–Crippen LogP) is -1.07. The second-order valence-electron chi connectivity index (χ2n) is 5.63. The molecule has 1 amide bonds. The molecule has 0 bridgehead atoms. The molecule has 5 nitrogen and oxygen atoms in total. The zero-order valence-electron chi connectivity index (χ0n) is 11.3. The van der Waals surface area contributed by atoms with Crippen molar-refractivity contribution in [3.63, 3.8) is 0 Å². The van der Waals surface area contributed by atoms with E-state index in [4.69, 9.17) is 0 Å². The van der Waals surface area contributed by atoms with E-state index in [0.717, 1.165) is 12.8 Å². The average molecular weight is 256 g/mol. The molecule has 1 fully saturated rings. The van der Waals surface area contributed by atoms with Crippen molar-refractivity contribution in [2.45, 2.75) is 45.6 Å². The monoisotopic (exact) mass is 256 g/mol. The topological polar surface area (TPSA) is 96.9 Å². The number of hydrogen-bond acceptors (Lipinski definition) is 3. The van der Waals surface area contributed by atoms with Crippen LogP contribution in [0.3, 0.4) is 0 Å². The summed E-state index contributed by atoms with van der Waals surface area (Å²) in [5, 5.41) is 13.6. The summed E-state index contributed by atoms with van der Waals surface area (Å²) >= 11 is 0. The standard InChI is InChI=1S/C13H24N2O3/c1-8(2)11(14)12(16)15-7-9-3-5-10(6-4-9)13(17)18/h8-11H,3-7,14H2,1-2H3,(H,15,16)(H,17,18)/t9?,10?,11-/m0/s1. The van der Waals surface area contributed by atoms with Crippen molar-refractivity contribution in [1.82, 2.24) is 5.32 Å². The summed E-state index contributed by atoms with van der Waals surface area (Å²) in [5.74, 6) is -0.613. The van der Waals surface area contributed by atoms with Crippen molar-refractivity contribution in [3.05, 3.63) is 0 Å². The molecule has 0 aromatic carbocycles. The molecule has 1 atom stereocenters. The van der Waals surface area contributed by atoms with Gasteiger partial charge in [-0.3, -0.25) is 4.79 Å². The molecule has 1 aliphatic rings. The van der Waals surface area contributed by atoms with Gasteiger partial charge in [0.1, 0.15) is 0 Å². The van der Waals surface area contributed by atoms with Gasteiger partial charge in [-0.2, -0.15) is 0 Å². The summed E-state index contributed by atoms with van der Waals surface area (Å²) in [4.78, 5) is 22.4. The Balaban J connectivity index is 2.26. The summed E-state index contributed by atoms with van der Waals surface area (Å²) in [6, 6.07) is -0.218. The highest BCUT2D eigenvalue weighted by molar-refractivity contribution is 5.80. The molecule has 1 aliphatic carbocycles. The van der Waals surface area contributed by atoms with Crippen LogP contribution in [0, 0.1) is 17.8 Å². The smallest absolute Gasteiger partial charge is 0.278 e. The zero-order chi connectivity index (χ0) is 13.7. The van der Waals surface area contributed by atoms with Crippen LogP contribution < -0.4 is 16.2 Å². The van der Waals surface area contributed by atoms with Crippen LogP contribution in [0.2, 0.25) is 0 Å². The lowest BCUT2D eigenvalue weighted by molar-refractivity contribution is -0.414. The van der Waals surface area contributed by atoms with Gasteiger partial charge in [-0.15, -0.1) is 0 Å². The minimum absolute atomic E-state index is 0.00738. The molecule has 18 heavy (non-hydrogen) atoms. The van der Waals surface area contributed by atoms with Gasteiger partial charge in [-0.05, 0) is 37.5 Å². The van der Waals surface area contributed by atoms with E-state index in [-0.39, 0.29) is 23.8 Å². The minimum atomic E-state index is -0.935. The molecule has 4 N–H and O–H groups in total. The van der Waals surface area contributed by atoms with Crippen LogP contribution in [0.4, 0.5) is 0 Å². The van der Waals surface area contributed by atoms with Crippen LogP contribution in [-0.2, 0) is 9.59 Å². The van der Waals surface area contributed by atoms with Gasteiger partial charge in [-0.25, -0.2) is 0 Å². The van der Waals surface area contributed by atoms with Crippen molar-refractivity contribution >= 4 is 11.9 Å². The number of carbonyl (C=O) groups is 2. The molecule has 104 valence electrons. The second-order valence-corrected chi connectivity index (χ2v) is 5.63. The Hall–Kier alpha value is -1.10. The van der Waals surface area contributed by atoms with E-state index in [1.54, 1.807) is 0 Å². The molecule has 0 radical (unpaired) electrons. The van der Waals surface area contributed by atoms with Crippen molar-refractivity contribution in [3.8, 4) is 0 Å². The fraction of sp³-hybridized carbons (Fsp3) is 0.846. The highest BCUT2D eigenvalue weighted by Gasteiger charge is 2.25. The number of carbonyl (C=O) groups excluding carboxylic acids is 2. The Morgan fingerprint density at radius 3 is 2.28 bits per heavy atom. The molecule has 1 saturated carbocycles. The van der Waals surface area contributed by atoms with E-state index in [1.807, 2.05) is 13.8 Å². The van der Waals surface area contributed by atoms with E-state index in [9.17, 15) is 14.7 Å². The molecule has 0 spiro atoms. The number of quaternary nitrogens is 1. The average Bonchev–Trinajstić information content (AvgIpc) is 2.35. The van der Waals surface area contributed by atoms with Crippen LogP contribution >= 0.6 is 0 Å². The number of nitrogens with one attached hydrogen (secondary N) is 1. The van der Waals surface area contributed by atoms with Gasteiger partial charge in [0.25, 0.3) is 5.91 Å². The summed E-state index contributed by atoms with van der Waals surface area (Å²) < 4.78 is 0. The largest absolute Gasteiger partial charge is 0.550 e. The van der Waals surface area contributed by atoms with Gasteiger partial charge in [0.2, 0.25) is 0 Å². The third-order valence-electron chi connectivity index (χ3n) is 3.89. The number of amides is 1. The van der Waals surface area contributed by atoms with E-state index in [1.165, 1.54) is 0 Å². The van der Waals surface area contributed by atoms with Crippen LogP contribution in [0.15, 0.2) is 0 Å². The Kier molecular flexibility index (Phi) is 5.59. The first-order valence-corrected chi connectivity index (χ1v) is 6.73. The molecule has 0 saturated heterocycles. The maximum atomic E-state index is 11.7. The van der Waals surface area contributed by atoms with Crippen molar-refractivity contribution in [2.24, 2.45) is 17.8 Å². The third-order valence-corrected chi connectivity index (χ3v) is 3.89. The Bertz CT molecular complexity index is 297. The minimum Gasteiger partial charge on any atom is -0.550 e. The molecular formula is C13H24N2O3. The SMILES string of the molecule is CC(C)[C@H]([NH3+])C(=O)NCC1CCC(C(=O)[O-])CC1. The van der Waals surface area contributed by atoms with Crippen LogP contribution in [0.25, 0.3) is 0 Å². The lowest BCUT2D eigenvalue weighted by atomic mass is 9.82. The summed E-state index contributed by atoms with van der Waals surface area (Å²) in [6.07, 6.45) is 3.03. The first-order valence-electron chi connectivity index (χ1n) is 6.73. The summed E-state index contributed by atoms with van der Waals surface area (Å²) in [7, 11) is 0. The molecule has 1 rings (SSSR count). The Morgan fingerprint density at radius 2 is 1.83 bits per heavy atom. The second kappa shape index (κ2) is 6.73. The number of aliphatic carboxylic acids is 1. The van der Waals surface area contributed by atoms with Crippen molar-refractivity contribution in [2.75, 3.05) is 6.54 Å². The molecular weight excluding hydrogens is 232 g/mol. The van der Waals surface area contributed by atoms with Gasteiger partial charge in [0.15, 0.2) is 6.04 Å². The Labute approximate surface area is 108 Å². The zero-order valence-corrected chi connectivity index (χ0v) is 11.3. The number of carboxylic acid groups (broad SMARTS) is 1. The molecule has 0 unspecified atom stereocenters. The van der Waals surface area contributed by atoms with E-state index < -0.39 is 5.97 Å². The quantitative estimate of drug-likeness (QED) is 0.655. The van der Waals surface area contributed by atoms with Crippen molar-refractivity contribution < 1.29 is 20.4 Å². The highest BCUT2D eigenvalue weighted by atomic mass is 16.4. The first-order chi connectivity index (χ1) is 8.41. The molecule has 0 aromatic heterocycles. The predicted molar refractivity (Wildman–Crippen MR) is 65.0 cm³/mol. The van der Waals surface area contributed by atoms with Gasteiger partial charge in [0, 0.05) is 18.4 Å². The van der Waals surface area contributed by atoms with E-state index in [0.29, 0.717) is 25.3 Å². The Morgan fingerprint density at radius 1 is 1.28 bits per heavy atom. The molecule has 0 aromatic rings. The fourth-order valence-electron chi connectivity index (χ4n) is 2.28. The highest BCUT2D eigenvalue weighted by Crippen LogP contribution is 2.27. The molecule has 0 aliphatic heterocycles. The summed E-state index contributed by atoms with van der Waals surface area (Å²) in [5.41, 5.74) is 3.84. The van der Waals surface area contributed by atoms with Gasteiger partial charge >= 0.3 is 0 Å². The molecule has 0 heterocycles. The van der Waals surface area contributed by atoms with E-state index in [2.05, 4.69) is 11.1 Å². The fourth-order valence-corrected chi connectivity index (χ4v) is 2.28. The van der Waals surface area contributed by atoms with E-state index >= 15 is 0 Å². The van der Waals surface area contributed by atoms with Gasteiger partial charge < -0.3 is 21.0 Å². The van der Waals surface area contributed by atoms with Gasteiger partial charge in [0.05, 0.1) is 0 Å². The third kappa shape index (κ3) is 4.29. The maximum absolute atomic E-state index is 11.7. The molecule has 5 heteroatoms. The van der Waals surface area contributed by atoms with Gasteiger partial charge in [-0.1, -0.05) is 13.8 Å². The lowest BCUT2D eigenvalue weighted by Crippen LogP contribution is -2.70.